The molecule has 0 heterocycles. The number of sulfonamides is 1. The van der Waals surface area contributed by atoms with Gasteiger partial charge in [0, 0.05) is 17.2 Å². The molecule has 0 aromatic heterocycles. The number of rotatable bonds is 6. The third kappa shape index (κ3) is 4.76. The summed E-state index contributed by atoms with van der Waals surface area (Å²) in [6.07, 6.45) is 0. The van der Waals surface area contributed by atoms with Gasteiger partial charge < -0.3 is 4.74 Å². The van der Waals surface area contributed by atoms with E-state index in [1.165, 1.54) is 18.2 Å². The van der Waals surface area contributed by atoms with E-state index >= 15 is 0 Å². The highest BCUT2D eigenvalue weighted by Crippen LogP contribution is 2.31. The van der Waals surface area contributed by atoms with Crippen LogP contribution in [0.25, 0.3) is 10.8 Å². The predicted octanol–water partition coefficient (Wildman–Crippen LogP) is 5.99. The number of hydrogen-bond acceptors (Lipinski definition) is 5. The summed E-state index contributed by atoms with van der Waals surface area (Å²) in [5, 5.41) is 13.5. The molecular weight excluding hydrogens is 440 g/mol. The van der Waals surface area contributed by atoms with Crippen molar-refractivity contribution < 1.29 is 18.1 Å². The molecule has 0 amide bonds. The maximum atomic E-state index is 12.9. The monoisotopic (exact) mass is 454 g/mol. The summed E-state index contributed by atoms with van der Waals surface area (Å²) in [6, 6.07) is 22.2. The average Bonchev–Trinajstić information content (AvgIpc) is 2.74. The molecule has 7 nitrogen and oxygen atoms in total. The molecule has 0 unspecified atom stereocenters. The number of anilines is 1. The van der Waals surface area contributed by atoms with Crippen LogP contribution in [0.1, 0.15) is 0 Å². The number of ether oxygens (including phenoxy) is 1. The van der Waals surface area contributed by atoms with E-state index in [0.717, 1.165) is 16.8 Å². The number of nitro benzene ring substituents is 1. The first-order chi connectivity index (χ1) is 14.8. The van der Waals surface area contributed by atoms with Crippen LogP contribution in [-0.2, 0) is 10.0 Å². The smallest absolute Gasteiger partial charge is 0.275 e. The number of nitro groups is 1. The molecule has 4 aromatic carbocycles. The van der Waals surface area contributed by atoms with E-state index in [1.54, 1.807) is 42.5 Å². The van der Waals surface area contributed by atoms with E-state index < -0.39 is 14.9 Å². The first-order valence-electron chi connectivity index (χ1n) is 9.05. The van der Waals surface area contributed by atoms with E-state index in [-0.39, 0.29) is 22.0 Å². The van der Waals surface area contributed by atoms with Gasteiger partial charge in [0.2, 0.25) is 0 Å². The van der Waals surface area contributed by atoms with Crippen molar-refractivity contribution in [1.82, 2.24) is 0 Å². The van der Waals surface area contributed by atoms with Gasteiger partial charge >= 0.3 is 0 Å². The minimum absolute atomic E-state index is 0.00585. The molecule has 0 aliphatic heterocycles. The fourth-order valence-electron chi connectivity index (χ4n) is 2.99. The molecule has 0 saturated heterocycles. The third-order valence-corrected chi connectivity index (χ3v) is 6.07. The summed E-state index contributed by atoms with van der Waals surface area (Å²) < 4.78 is 33.8. The highest BCUT2D eigenvalue weighted by molar-refractivity contribution is 7.92. The number of halogens is 1. The quantitative estimate of drug-likeness (QED) is 0.285. The SMILES string of the molecule is O=[N+]([O-])c1cc(NS(=O)(=O)c2ccc3ccccc3c2)cc(Oc2ccc(Cl)cc2)c1. The van der Waals surface area contributed by atoms with Crippen molar-refractivity contribution in [3.8, 4) is 11.5 Å². The summed E-state index contributed by atoms with van der Waals surface area (Å²) in [4.78, 5) is 10.8. The Morgan fingerprint density at radius 1 is 0.839 bits per heavy atom. The topological polar surface area (TPSA) is 98.5 Å². The standard InChI is InChI=1S/C22H15ClN2O5S/c23-17-6-8-20(9-7-17)30-21-13-18(12-19(14-21)25(26)27)24-31(28,29)22-10-5-15-3-1-2-4-16(15)11-22/h1-14,24H. The van der Waals surface area contributed by atoms with Gasteiger partial charge in [-0.1, -0.05) is 41.9 Å². The maximum absolute atomic E-state index is 12.9. The van der Waals surface area contributed by atoms with Crippen LogP contribution >= 0.6 is 11.6 Å². The molecule has 0 spiro atoms. The molecule has 0 atom stereocenters. The second-order valence-corrected chi connectivity index (χ2v) is 8.76. The molecular formula is C22H15ClN2O5S. The van der Waals surface area contributed by atoms with E-state index in [1.807, 2.05) is 18.2 Å². The molecule has 31 heavy (non-hydrogen) atoms. The maximum Gasteiger partial charge on any atom is 0.275 e. The zero-order valence-electron chi connectivity index (χ0n) is 15.9. The highest BCUT2D eigenvalue weighted by atomic mass is 35.5. The van der Waals surface area contributed by atoms with Crippen molar-refractivity contribution in [3.05, 3.63) is 100 Å². The Bertz CT molecular complexity index is 1390. The molecule has 4 aromatic rings. The molecule has 9 heteroatoms. The van der Waals surface area contributed by atoms with Gasteiger partial charge in [-0.15, -0.1) is 0 Å². The molecule has 0 fully saturated rings. The van der Waals surface area contributed by atoms with Crippen LogP contribution in [0.5, 0.6) is 11.5 Å². The highest BCUT2D eigenvalue weighted by Gasteiger charge is 2.18. The number of nitrogens with one attached hydrogen (secondary N) is 1. The van der Waals surface area contributed by atoms with Crippen LogP contribution < -0.4 is 9.46 Å². The Balaban J connectivity index is 1.67. The van der Waals surface area contributed by atoms with Gasteiger partial charge in [-0.3, -0.25) is 14.8 Å². The molecule has 0 bridgehead atoms. The number of hydrogen-bond donors (Lipinski definition) is 1. The van der Waals surface area contributed by atoms with Crippen LogP contribution in [0.3, 0.4) is 0 Å². The van der Waals surface area contributed by atoms with Crippen molar-refractivity contribution in [2.75, 3.05) is 4.72 Å². The zero-order valence-corrected chi connectivity index (χ0v) is 17.4. The van der Waals surface area contributed by atoms with Crippen molar-refractivity contribution in [3.63, 3.8) is 0 Å². The van der Waals surface area contributed by atoms with E-state index in [0.29, 0.717) is 10.8 Å². The summed E-state index contributed by atoms with van der Waals surface area (Å²) in [7, 11) is -3.99. The fourth-order valence-corrected chi connectivity index (χ4v) is 4.20. The molecule has 0 radical (unpaired) electrons. The predicted molar refractivity (Wildman–Crippen MR) is 119 cm³/mol. The van der Waals surface area contributed by atoms with Crippen LogP contribution in [0.2, 0.25) is 5.02 Å². The Hall–Kier alpha value is -3.62. The normalized spacial score (nSPS) is 11.3. The molecule has 4 rings (SSSR count). The van der Waals surface area contributed by atoms with Gasteiger partial charge in [-0.05, 0) is 47.2 Å². The van der Waals surface area contributed by atoms with Gasteiger partial charge in [0.05, 0.1) is 21.6 Å². The second kappa shape index (κ2) is 8.25. The summed E-state index contributed by atoms with van der Waals surface area (Å²) >= 11 is 5.85. The Kier molecular flexibility index (Phi) is 5.50. The lowest BCUT2D eigenvalue weighted by atomic mass is 10.1. The third-order valence-electron chi connectivity index (χ3n) is 4.43. The van der Waals surface area contributed by atoms with Crippen LogP contribution in [0.15, 0.2) is 89.8 Å². The Labute approximate surface area is 183 Å². The van der Waals surface area contributed by atoms with E-state index in [9.17, 15) is 18.5 Å². The van der Waals surface area contributed by atoms with Crippen LogP contribution in [0, 0.1) is 10.1 Å². The number of fused-ring (bicyclic) bond motifs is 1. The van der Waals surface area contributed by atoms with Crippen molar-refractivity contribution in [2.45, 2.75) is 4.90 Å². The summed E-state index contributed by atoms with van der Waals surface area (Å²) in [5.41, 5.74) is -0.311. The zero-order chi connectivity index (χ0) is 22.0. The second-order valence-electron chi connectivity index (χ2n) is 6.64. The minimum Gasteiger partial charge on any atom is -0.457 e. The molecule has 0 saturated carbocycles. The summed E-state index contributed by atoms with van der Waals surface area (Å²) in [6.45, 7) is 0. The van der Waals surface area contributed by atoms with Crippen molar-refractivity contribution in [2.24, 2.45) is 0 Å². The van der Waals surface area contributed by atoms with Crippen molar-refractivity contribution in [1.29, 1.82) is 0 Å². The lowest BCUT2D eigenvalue weighted by molar-refractivity contribution is -0.384. The summed E-state index contributed by atoms with van der Waals surface area (Å²) in [5.74, 6) is 0.501. The molecule has 156 valence electrons. The van der Waals surface area contributed by atoms with Gasteiger partial charge in [0.25, 0.3) is 15.7 Å². The van der Waals surface area contributed by atoms with Crippen LogP contribution in [-0.4, -0.2) is 13.3 Å². The first kappa shape index (κ1) is 20.6. The van der Waals surface area contributed by atoms with Crippen LogP contribution in [0.4, 0.5) is 11.4 Å². The average molecular weight is 455 g/mol. The van der Waals surface area contributed by atoms with Crippen molar-refractivity contribution >= 4 is 43.8 Å². The lowest BCUT2D eigenvalue weighted by Crippen LogP contribution is -2.13. The Morgan fingerprint density at radius 2 is 1.55 bits per heavy atom. The first-order valence-corrected chi connectivity index (χ1v) is 10.9. The molecule has 0 aliphatic carbocycles. The van der Waals surface area contributed by atoms with E-state index in [4.69, 9.17) is 16.3 Å². The number of non-ortho nitro benzene ring substituents is 1. The van der Waals surface area contributed by atoms with Gasteiger partial charge in [-0.2, -0.15) is 0 Å². The minimum atomic E-state index is -3.99. The van der Waals surface area contributed by atoms with Gasteiger partial charge in [0.1, 0.15) is 11.5 Å². The van der Waals surface area contributed by atoms with E-state index in [2.05, 4.69) is 4.72 Å². The lowest BCUT2D eigenvalue weighted by Gasteiger charge is -2.11. The van der Waals surface area contributed by atoms with Gasteiger partial charge in [0.15, 0.2) is 0 Å². The molecule has 1 N–H and O–H groups in total. The fraction of sp³-hybridized carbons (Fsp3) is 0. The van der Waals surface area contributed by atoms with Gasteiger partial charge in [-0.25, -0.2) is 8.42 Å². The Morgan fingerprint density at radius 3 is 2.26 bits per heavy atom. The number of nitrogens with zero attached hydrogens (tertiary/aromatic N) is 1. The number of benzene rings is 4. The molecule has 0 aliphatic rings. The largest absolute Gasteiger partial charge is 0.457 e.